The van der Waals surface area contributed by atoms with Gasteiger partial charge in [0.2, 0.25) is 0 Å². The monoisotopic (exact) mass is 182 g/mol. The smallest absolute Gasteiger partial charge is 0.133 e. The number of rotatable bonds is 2. The highest BCUT2D eigenvalue weighted by atomic mass is 19.1. The molecule has 70 valence electrons. The zero-order valence-corrected chi connectivity index (χ0v) is 7.54. The number of benzene rings is 1. The Morgan fingerprint density at radius 3 is 2.69 bits per heavy atom. The molecule has 1 aromatic rings. The molecule has 1 N–H and O–H groups in total. The van der Waals surface area contributed by atoms with Gasteiger partial charge in [0.05, 0.1) is 0 Å². The minimum Gasteiger partial charge on any atom is -0.508 e. The predicted octanol–water partition coefficient (Wildman–Crippen LogP) is 2.14. The van der Waals surface area contributed by atoms with Gasteiger partial charge in [-0.3, -0.25) is 0 Å². The van der Waals surface area contributed by atoms with Crippen molar-refractivity contribution < 1.29 is 14.3 Å². The second kappa shape index (κ2) is 3.56. The molecule has 0 saturated heterocycles. The molecule has 3 heteroatoms. The average molecular weight is 182 g/mol. The van der Waals surface area contributed by atoms with Crippen molar-refractivity contribution in [3.05, 3.63) is 29.1 Å². The van der Waals surface area contributed by atoms with Gasteiger partial charge in [-0.25, -0.2) is 4.39 Å². The molecule has 0 bridgehead atoms. The summed E-state index contributed by atoms with van der Waals surface area (Å²) in [5, 5.41) is 9.15. The molecule has 0 spiro atoms. The van der Waals surface area contributed by atoms with E-state index in [0.29, 0.717) is 11.8 Å². The van der Waals surface area contributed by atoms with E-state index in [1.54, 1.807) is 6.92 Å². The van der Waals surface area contributed by atoms with Crippen LogP contribution in [0.4, 0.5) is 4.39 Å². The Kier molecular flexibility index (Phi) is 2.66. The van der Waals surface area contributed by atoms with Gasteiger partial charge in [-0.05, 0) is 18.6 Å². The number of phenols is 1. The van der Waals surface area contributed by atoms with E-state index in [2.05, 4.69) is 0 Å². The number of aromatic hydroxyl groups is 1. The van der Waals surface area contributed by atoms with Crippen LogP contribution in [-0.2, 0) is 4.79 Å². The molecule has 0 fully saturated rings. The zero-order valence-electron chi connectivity index (χ0n) is 7.54. The van der Waals surface area contributed by atoms with Crippen molar-refractivity contribution in [3.8, 4) is 5.75 Å². The molecule has 0 aliphatic heterocycles. The summed E-state index contributed by atoms with van der Waals surface area (Å²) in [6.07, 6.45) is 0.675. The molecular weight excluding hydrogens is 171 g/mol. The normalized spacial score (nSPS) is 12.5. The van der Waals surface area contributed by atoms with Crippen molar-refractivity contribution in [1.29, 1.82) is 0 Å². The number of hydrogen-bond donors (Lipinski definition) is 1. The molecule has 0 heterocycles. The van der Waals surface area contributed by atoms with Crippen LogP contribution in [0.2, 0.25) is 0 Å². The van der Waals surface area contributed by atoms with Crippen LogP contribution in [0, 0.1) is 12.7 Å². The third kappa shape index (κ3) is 1.69. The first-order valence-electron chi connectivity index (χ1n) is 4.01. The summed E-state index contributed by atoms with van der Waals surface area (Å²) in [6, 6.07) is 2.82. The summed E-state index contributed by atoms with van der Waals surface area (Å²) in [6.45, 7) is 3.09. The van der Waals surface area contributed by atoms with Crippen LogP contribution >= 0.6 is 0 Å². The number of halogens is 1. The molecule has 0 aliphatic carbocycles. The highest BCUT2D eigenvalue weighted by molar-refractivity contribution is 5.62. The van der Waals surface area contributed by atoms with E-state index in [0.717, 1.165) is 0 Å². The van der Waals surface area contributed by atoms with Crippen molar-refractivity contribution in [2.45, 2.75) is 19.8 Å². The van der Waals surface area contributed by atoms with Crippen LogP contribution in [0.15, 0.2) is 12.1 Å². The van der Waals surface area contributed by atoms with Crippen molar-refractivity contribution in [1.82, 2.24) is 0 Å². The van der Waals surface area contributed by atoms with Gasteiger partial charge in [0.1, 0.15) is 17.9 Å². The quantitative estimate of drug-likeness (QED) is 0.711. The number of hydrogen-bond acceptors (Lipinski definition) is 2. The van der Waals surface area contributed by atoms with Crippen LogP contribution in [0.25, 0.3) is 0 Å². The predicted molar refractivity (Wildman–Crippen MR) is 47.3 cm³/mol. The molecule has 0 radical (unpaired) electrons. The van der Waals surface area contributed by atoms with Gasteiger partial charge in [0.25, 0.3) is 0 Å². The first kappa shape index (κ1) is 9.71. The van der Waals surface area contributed by atoms with E-state index in [1.807, 2.05) is 0 Å². The molecule has 0 aliphatic rings. The lowest BCUT2D eigenvalue weighted by molar-refractivity contribution is -0.108. The van der Waals surface area contributed by atoms with Gasteiger partial charge >= 0.3 is 0 Å². The maximum absolute atomic E-state index is 13.4. The zero-order chi connectivity index (χ0) is 10.0. The van der Waals surface area contributed by atoms with Crippen molar-refractivity contribution in [2.75, 3.05) is 0 Å². The lowest BCUT2D eigenvalue weighted by Crippen LogP contribution is -2.00. The Bertz CT molecular complexity index is 334. The molecular formula is C10H11FO2. The Hall–Kier alpha value is -1.38. The molecule has 13 heavy (non-hydrogen) atoms. The van der Waals surface area contributed by atoms with Crippen molar-refractivity contribution >= 4 is 6.29 Å². The summed E-state index contributed by atoms with van der Waals surface area (Å²) in [4.78, 5) is 10.4. The van der Waals surface area contributed by atoms with Crippen LogP contribution in [0.3, 0.4) is 0 Å². The second-order valence-electron chi connectivity index (χ2n) is 3.04. The minimum absolute atomic E-state index is 0.0839. The fourth-order valence-electron chi connectivity index (χ4n) is 1.12. The third-order valence-electron chi connectivity index (χ3n) is 2.08. The maximum atomic E-state index is 13.4. The summed E-state index contributed by atoms with van der Waals surface area (Å²) >= 11 is 0. The van der Waals surface area contributed by atoms with Crippen molar-refractivity contribution in [3.63, 3.8) is 0 Å². The molecule has 1 atom stereocenters. The fourth-order valence-corrected chi connectivity index (χ4v) is 1.12. The van der Waals surface area contributed by atoms with E-state index in [4.69, 9.17) is 5.11 Å². The van der Waals surface area contributed by atoms with Crippen LogP contribution < -0.4 is 0 Å². The molecule has 2 nitrogen and oxygen atoms in total. The van der Waals surface area contributed by atoms with E-state index < -0.39 is 11.7 Å². The Labute approximate surface area is 76.0 Å². The molecule has 1 aromatic carbocycles. The van der Waals surface area contributed by atoms with Crippen LogP contribution in [0.1, 0.15) is 24.0 Å². The minimum atomic E-state index is -0.500. The van der Waals surface area contributed by atoms with Crippen molar-refractivity contribution in [2.24, 2.45) is 0 Å². The first-order valence-corrected chi connectivity index (χ1v) is 4.01. The van der Waals surface area contributed by atoms with Gasteiger partial charge < -0.3 is 9.90 Å². The number of phenolic OH excluding ortho intramolecular Hbond substituents is 1. The van der Waals surface area contributed by atoms with Gasteiger partial charge in [0.15, 0.2) is 0 Å². The fraction of sp³-hybridized carbons (Fsp3) is 0.300. The van der Waals surface area contributed by atoms with Gasteiger partial charge in [0, 0.05) is 11.5 Å². The Morgan fingerprint density at radius 2 is 2.15 bits per heavy atom. The van der Waals surface area contributed by atoms with Crippen LogP contribution in [0.5, 0.6) is 5.75 Å². The van der Waals surface area contributed by atoms with Gasteiger partial charge in [-0.1, -0.05) is 13.0 Å². The largest absolute Gasteiger partial charge is 0.508 e. The molecule has 0 aromatic heterocycles. The Morgan fingerprint density at radius 1 is 1.54 bits per heavy atom. The van der Waals surface area contributed by atoms with E-state index in [9.17, 15) is 9.18 Å². The Balaban J connectivity index is 3.25. The first-order chi connectivity index (χ1) is 6.07. The maximum Gasteiger partial charge on any atom is 0.133 e. The average Bonchev–Trinajstić information content (AvgIpc) is 2.13. The molecule has 1 rings (SSSR count). The van der Waals surface area contributed by atoms with E-state index >= 15 is 0 Å². The van der Waals surface area contributed by atoms with Gasteiger partial charge in [-0.2, -0.15) is 0 Å². The topological polar surface area (TPSA) is 37.3 Å². The summed E-state index contributed by atoms with van der Waals surface area (Å²) in [5.41, 5.74) is 0.511. The van der Waals surface area contributed by atoms with Crippen LogP contribution in [-0.4, -0.2) is 11.4 Å². The van der Waals surface area contributed by atoms with E-state index in [1.165, 1.54) is 19.1 Å². The molecule has 1 unspecified atom stereocenters. The molecule has 0 amide bonds. The highest BCUT2D eigenvalue weighted by Gasteiger charge is 2.13. The lowest BCUT2D eigenvalue weighted by Gasteiger charge is -2.08. The highest BCUT2D eigenvalue weighted by Crippen LogP contribution is 2.25. The SMILES string of the molecule is Cc1c(O)ccc(C(C)C=O)c1F. The summed E-state index contributed by atoms with van der Waals surface area (Å²) in [5.74, 6) is -1.06. The third-order valence-corrected chi connectivity index (χ3v) is 2.08. The standard InChI is InChI=1S/C10H11FO2/c1-6(5-12)8-3-4-9(13)7(2)10(8)11/h3-6,13H,1-2H3. The second-order valence-corrected chi connectivity index (χ2v) is 3.04. The number of carbonyl (C=O) groups is 1. The summed E-state index contributed by atoms with van der Waals surface area (Å²) < 4.78 is 13.4. The van der Waals surface area contributed by atoms with E-state index in [-0.39, 0.29) is 11.3 Å². The number of aldehydes is 1. The number of carbonyl (C=O) groups excluding carboxylic acids is 1. The van der Waals surface area contributed by atoms with Gasteiger partial charge in [-0.15, -0.1) is 0 Å². The summed E-state index contributed by atoms with van der Waals surface area (Å²) in [7, 11) is 0. The lowest BCUT2D eigenvalue weighted by atomic mass is 9.99. The molecule has 0 saturated carbocycles.